The van der Waals surface area contributed by atoms with Crippen LogP contribution >= 0.6 is 0 Å². The summed E-state index contributed by atoms with van der Waals surface area (Å²) in [5, 5.41) is 4.52. The van der Waals surface area contributed by atoms with Gasteiger partial charge in [0, 0.05) is 6.42 Å². The van der Waals surface area contributed by atoms with Crippen molar-refractivity contribution in [2.45, 2.75) is 52.1 Å². The van der Waals surface area contributed by atoms with Crippen LogP contribution in [0, 0.1) is 0 Å². The average molecular weight is 180 g/mol. The molecule has 2 heterocycles. The standard InChI is InChI=1S/C10H18N3/c1-2-3-7-12-9-10-6-4-5-8-13(10)11-12/h9H,2-8H2,1H3/q+1. The number of unbranched alkanes of at least 4 members (excludes halogenated alkanes) is 1. The van der Waals surface area contributed by atoms with Gasteiger partial charge in [-0.25, -0.2) is 0 Å². The Hall–Kier alpha value is -0.860. The molecule has 0 N–H and O–H groups in total. The number of nitrogens with zero attached hydrogens (tertiary/aromatic N) is 3. The molecular weight excluding hydrogens is 162 g/mol. The molecule has 72 valence electrons. The van der Waals surface area contributed by atoms with Crippen LogP contribution in [-0.4, -0.2) is 9.90 Å². The molecular formula is C10H18N3+. The maximum absolute atomic E-state index is 4.52. The first-order chi connectivity index (χ1) is 6.40. The Bertz CT molecular complexity index is 254. The molecule has 3 nitrogen and oxygen atoms in total. The summed E-state index contributed by atoms with van der Waals surface area (Å²) in [5.74, 6) is 0. The molecule has 1 aromatic heterocycles. The minimum atomic E-state index is 1.08. The lowest BCUT2D eigenvalue weighted by Crippen LogP contribution is -2.36. The van der Waals surface area contributed by atoms with Crippen molar-refractivity contribution in [2.24, 2.45) is 0 Å². The second kappa shape index (κ2) is 3.90. The molecule has 3 heteroatoms. The van der Waals surface area contributed by atoms with E-state index in [1.54, 1.807) is 0 Å². The second-order valence-electron chi connectivity index (χ2n) is 3.81. The number of hydrogen-bond donors (Lipinski definition) is 0. The third kappa shape index (κ3) is 1.90. The third-order valence-corrected chi connectivity index (χ3v) is 2.65. The van der Waals surface area contributed by atoms with E-state index < -0.39 is 0 Å². The number of fused-ring (bicyclic) bond motifs is 1. The van der Waals surface area contributed by atoms with Crippen molar-refractivity contribution >= 4 is 0 Å². The molecule has 0 radical (unpaired) electrons. The Morgan fingerprint density at radius 3 is 3.23 bits per heavy atom. The predicted molar refractivity (Wildman–Crippen MR) is 50.3 cm³/mol. The first-order valence-electron chi connectivity index (χ1n) is 5.36. The average Bonchev–Trinajstić information content (AvgIpc) is 2.57. The van der Waals surface area contributed by atoms with E-state index in [1.807, 2.05) is 0 Å². The second-order valence-corrected chi connectivity index (χ2v) is 3.81. The zero-order chi connectivity index (χ0) is 9.10. The highest BCUT2D eigenvalue weighted by Crippen LogP contribution is 2.10. The molecule has 0 spiro atoms. The van der Waals surface area contributed by atoms with Crippen LogP contribution in [0.2, 0.25) is 0 Å². The molecule has 0 saturated heterocycles. The Kier molecular flexibility index (Phi) is 2.62. The van der Waals surface area contributed by atoms with Crippen LogP contribution in [0.25, 0.3) is 0 Å². The van der Waals surface area contributed by atoms with Crippen molar-refractivity contribution < 1.29 is 4.68 Å². The number of rotatable bonds is 3. The zero-order valence-electron chi connectivity index (χ0n) is 8.37. The van der Waals surface area contributed by atoms with Gasteiger partial charge in [-0.2, -0.15) is 0 Å². The quantitative estimate of drug-likeness (QED) is 0.643. The Labute approximate surface area is 79.4 Å². The maximum atomic E-state index is 4.52. The first kappa shape index (κ1) is 8.73. The van der Waals surface area contributed by atoms with Crippen LogP contribution in [0.5, 0.6) is 0 Å². The molecule has 1 aliphatic heterocycles. The summed E-state index contributed by atoms with van der Waals surface area (Å²) < 4.78 is 4.27. The molecule has 1 aromatic rings. The van der Waals surface area contributed by atoms with Gasteiger partial charge in [0.05, 0.1) is 5.21 Å². The van der Waals surface area contributed by atoms with Crippen LogP contribution in [-0.2, 0) is 19.5 Å². The maximum Gasteiger partial charge on any atom is 0.167 e. The van der Waals surface area contributed by atoms with Gasteiger partial charge in [-0.15, -0.1) is 9.36 Å². The van der Waals surface area contributed by atoms with Gasteiger partial charge in [-0.05, 0) is 19.3 Å². The van der Waals surface area contributed by atoms with Crippen molar-refractivity contribution in [3.05, 3.63) is 11.9 Å². The fourth-order valence-corrected chi connectivity index (χ4v) is 1.84. The molecule has 1 aliphatic rings. The monoisotopic (exact) mass is 180 g/mol. The van der Waals surface area contributed by atoms with Gasteiger partial charge in [0.25, 0.3) is 0 Å². The van der Waals surface area contributed by atoms with Gasteiger partial charge in [-0.1, -0.05) is 13.3 Å². The molecule has 0 fully saturated rings. The smallest absolute Gasteiger partial charge is 0.137 e. The molecule has 0 bridgehead atoms. The molecule has 0 saturated carbocycles. The van der Waals surface area contributed by atoms with Crippen LogP contribution in [0.1, 0.15) is 38.3 Å². The van der Waals surface area contributed by atoms with Crippen molar-refractivity contribution in [3.63, 3.8) is 0 Å². The molecule has 0 atom stereocenters. The van der Waals surface area contributed by atoms with Crippen molar-refractivity contribution in [2.75, 3.05) is 0 Å². The van der Waals surface area contributed by atoms with E-state index in [1.165, 1.54) is 37.8 Å². The summed E-state index contributed by atoms with van der Waals surface area (Å²) in [7, 11) is 0. The Morgan fingerprint density at radius 2 is 2.46 bits per heavy atom. The minimum Gasteiger partial charge on any atom is -0.137 e. The lowest BCUT2D eigenvalue weighted by molar-refractivity contribution is -0.755. The van der Waals surface area contributed by atoms with Crippen LogP contribution in [0.3, 0.4) is 0 Å². The highest BCUT2D eigenvalue weighted by Gasteiger charge is 2.18. The minimum absolute atomic E-state index is 1.08. The van der Waals surface area contributed by atoms with E-state index in [-0.39, 0.29) is 0 Å². The van der Waals surface area contributed by atoms with Gasteiger partial charge in [0.1, 0.15) is 13.1 Å². The Balaban J connectivity index is 2.07. The lowest BCUT2D eigenvalue weighted by Gasteiger charge is -2.03. The lowest BCUT2D eigenvalue weighted by atomic mass is 10.1. The summed E-state index contributed by atoms with van der Waals surface area (Å²) in [5.41, 5.74) is 1.42. The van der Waals surface area contributed by atoms with Crippen LogP contribution in [0.15, 0.2) is 6.20 Å². The van der Waals surface area contributed by atoms with E-state index in [9.17, 15) is 0 Å². The normalized spacial score (nSPS) is 15.8. The van der Waals surface area contributed by atoms with Gasteiger partial charge in [0.15, 0.2) is 11.9 Å². The summed E-state index contributed by atoms with van der Waals surface area (Å²) in [6, 6.07) is 0. The van der Waals surface area contributed by atoms with E-state index >= 15 is 0 Å². The molecule has 0 aliphatic carbocycles. The molecule has 0 aromatic carbocycles. The van der Waals surface area contributed by atoms with Crippen LogP contribution in [0.4, 0.5) is 0 Å². The summed E-state index contributed by atoms with van der Waals surface area (Å²) in [4.78, 5) is 0. The number of hydrogen-bond acceptors (Lipinski definition) is 1. The van der Waals surface area contributed by atoms with E-state index in [0.717, 1.165) is 13.1 Å². The summed E-state index contributed by atoms with van der Waals surface area (Å²) >= 11 is 0. The largest absolute Gasteiger partial charge is 0.167 e. The van der Waals surface area contributed by atoms with Crippen LogP contribution < -0.4 is 4.68 Å². The van der Waals surface area contributed by atoms with Gasteiger partial charge < -0.3 is 0 Å². The number of aryl methyl sites for hydroxylation is 3. The summed E-state index contributed by atoms with van der Waals surface area (Å²) in [6.45, 7) is 4.42. The summed E-state index contributed by atoms with van der Waals surface area (Å²) in [6.07, 6.45) is 8.54. The zero-order valence-corrected chi connectivity index (χ0v) is 8.37. The number of aromatic nitrogens is 3. The van der Waals surface area contributed by atoms with Crippen molar-refractivity contribution in [1.82, 2.24) is 9.90 Å². The predicted octanol–water partition coefficient (Wildman–Crippen LogP) is 1.31. The fourth-order valence-electron chi connectivity index (χ4n) is 1.84. The molecule has 0 unspecified atom stereocenters. The van der Waals surface area contributed by atoms with Crippen molar-refractivity contribution in [3.8, 4) is 0 Å². The van der Waals surface area contributed by atoms with Gasteiger partial charge in [0.2, 0.25) is 0 Å². The topological polar surface area (TPSA) is 21.7 Å². The molecule has 0 amide bonds. The highest BCUT2D eigenvalue weighted by atomic mass is 15.5. The Morgan fingerprint density at radius 1 is 1.54 bits per heavy atom. The van der Waals surface area contributed by atoms with Gasteiger partial charge >= 0.3 is 0 Å². The first-order valence-corrected chi connectivity index (χ1v) is 5.36. The van der Waals surface area contributed by atoms with E-state index in [4.69, 9.17) is 0 Å². The van der Waals surface area contributed by atoms with Gasteiger partial charge in [-0.3, -0.25) is 0 Å². The fraction of sp³-hybridized carbons (Fsp3) is 0.800. The highest BCUT2D eigenvalue weighted by molar-refractivity contribution is 4.93. The van der Waals surface area contributed by atoms with E-state index in [0.29, 0.717) is 0 Å². The third-order valence-electron chi connectivity index (χ3n) is 2.65. The van der Waals surface area contributed by atoms with Crippen molar-refractivity contribution in [1.29, 1.82) is 0 Å². The molecule has 13 heavy (non-hydrogen) atoms. The molecule has 2 rings (SSSR count). The van der Waals surface area contributed by atoms with E-state index in [2.05, 4.69) is 27.7 Å². The SMILES string of the molecule is CCCC[n+]1cc2n(n1)CCCC2.